The lowest BCUT2D eigenvalue weighted by molar-refractivity contribution is 0.317. The molecule has 4 heteroatoms. The lowest BCUT2D eigenvalue weighted by Crippen LogP contribution is -2.11. The predicted molar refractivity (Wildman–Crippen MR) is 71.8 cm³/mol. The molecule has 3 nitrogen and oxygen atoms in total. The van der Waals surface area contributed by atoms with E-state index in [-0.39, 0.29) is 0 Å². The van der Waals surface area contributed by atoms with Crippen molar-refractivity contribution in [3.63, 3.8) is 0 Å². The summed E-state index contributed by atoms with van der Waals surface area (Å²) in [5, 5.41) is 11.4. The first-order valence-electron chi connectivity index (χ1n) is 6.00. The molecule has 0 radical (unpaired) electrons. The van der Waals surface area contributed by atoms with Crippen molar-refractivity contribution in [3.8, 4) is 0 Å². The largest absolute Gasteiger partial charge is 0.409 e. The van der Waals surface area contributed by atoms with Crippen LogP contribution in [0.4, 0.5) is 0 Å². The van der Waals surface area contributed by atoms with Crippen molar-refractivity contribution in [2.45, 2.75) is 37.0 Å². The number of rotatable bonds is 5. The van der Waals surface area contributed by atoms with Crippen molar-refractivity contribution >= 4 is 17.6 Å². The number of nitrogens with two attached hydrogens (primary N) is 1. The summed E-state index contributed by atoms with van der Waals surface area (Å²) in [6, 6.07) is 6.78. The zero-order chi connectivity index (χ0) is 12.1. The third-order valence-electron chi connectivity index (χ3n) is 3.04. The van der Waals surface area contributed by atoms with E-state index in [1.165, 1.54) is 35.3 Å². The Hall–Kier alpha value is -1.16. The Bertz CT molecular complexity index is 418. The van der Waals surface area contributed by atoms with E-state index < -0.39 is 0 Å². The SMILES string of the molecule is N/C(CCCSc1ccc2c(c1)CCC2)=N\O. The molecule has 0 bridgehead atoms. The number of hydrogen-bond acceptors (Lipinski definition) is 3. The van der Waals surface area contributed by atoms with Crippen LogP contribution in [0.1, 0.15) is 30.4 Å². The van der Waals surface area contributed by atoms with Crippen LogP contribution in [0.15, 0.2) is 28.3 Å². The van der Waals surface area contributed by atoms with E-state index in [4.69, 9.17) is 10.9 Å². The Balaban J connectivity index is 1.80. The van der Waals surface area contributed by atoms with Crippen molar-refractivity contribution in [1.82, 2.24) is 0 Å². The second-order valence-electron chi connectivity index (χ2n) is 4.33. The number of thioether (sulfide) groups is 1. The molecule has 0 aromatic heterocycles. The molecule has 1 aromatic carbocycles. The van der Waals surface area contributed by atoms with Gasteiger partial charge in [-0.05, 0) is 54.7 Å². The van der Waals surface area contributed by atoms with Gasteiger partial charge in [-0.2, -0.15) is 0 Å². The highest BCUT2D eigenvalue weighted by Crippen LogP contribution is 2.27. The van der Waals surface area contributed by atoms with E-state index in [2.05, 4.69) is 23.4 Å². The molecule has 1 aliphatic carbocycles. The Morgan fingerprint density at radius 1 is 1.35 bits per heavy atom. The minimum absolute atomic E-state index is 0.319. The first-order valence-corrected chi connectivity index (χ1v) is 6.99. The first kappa shape index (κ1) is 12.3. The quantitative estimate of drug-likeness (QED) is 0.211. The first-order chi connectivity index (χ1) is 8.29. The highest BCUT2D eigenvalue weighted by atomic mass is 32.2. The monoisotopic (exact) mass is 250 g/mol. The van der Waals surface area contributed by atoms with Crippen LogP contribution in [0.3, 0.4) is 0 Å². The summed E-state index contributed by atoms with van der Waals surface area (Å²) in [4.78, 5) is 1.34. The zero-order valence-electron chi connectivity index (χ0n) is 9.85. The highest BCUT2D eigenvalue weighted by Gasteiger charge is 2.10. The minimum Gasteiger partial charge on any atom is -0.409 e. The van der Waals surface area contributed by atoms with Crippen LogP contribution in [-0.2, 0) is 12.8 Å². The summed E-state index contributed by atoms with van der Waals surface area (Å²) >= 11 is 1.85. The van der Waals surface area contributed by atoms with Gasteiger partial charge in [-0.25, -0.2) is 0 Å². The van der Waals surface area contributed by atoms with Crippen molar-refractivity contribution in [1.29, 1.82) is 0 Å². The van der Waals surface area contributed by atoms with E-state index in [9.17, 15) is 0 Å². The standard InChI is InChI=1S/C13H18N2OS/c14-13(15-16)5-2-8-17-12-7-6-10-3-1-4-11(10)9-12/h6-7,9,16H,1-5,8H2,(H2,14,15). The molecule has 3 N–H and O–H groups in total. The van der Waals surface area contributed by atoms with Crippen LogP contribution in [-0.4, -0.2) is 16.8 Å². The van der Waals surface area contributed by atoms with Crippen molar-refractivity contribution < 1.29 is 5.21 Å². The molecule has 0 amide bonds. The van der Waals surface area contributed by atoms with Gasteiger partial charge in [0.05, 0.1) is 0 Å². The fourth-order valence-electron chi connectivity index (χ4n) is 2.13. The summed E-state index contributed by atoms with van der Waals surface area (Å²) in [5.41, 5.74) is 8.46. The molecule has 0 saturated heterocycles. The number of benzene rings is 1. The molecule has 0 heterocycles. The Kier molecular flexibility index (Phi) is 4.31. The third-order valence-corrected chi connectivity index (χ3v) is 4.12. The molecule has 0 fully saturated rings. The molecular formula is C13H18N2OS. The van der Waals surface area contributed by atoms with E-state index in [1.54, 1.807) is 0 Å². The van der Waals surface area contributed by atoms with Gasteiger partial charge in [0.25, 0.3) is 0 Å². The summed E-state index contributed by atoms with van der Waals surface area (Å²) in [7, 11) is 0. The van der Waals surface area contributed by atoms with Crippen LogP contribution in [0.25, 0.3) is 0 Å². The molecule has 0 atom stereocenters. The van der Waals surface area contributed by atoms with Crippen LogP contribution >= 0.6 is 11.8 Å². The Morgan fingerprint density at radius 2 is 2.18 bits per heavy atom. The predicted octanol–water partition coefficient (Wildman–Crippen LogP) is 2.79. The van der Waals surface area contributed by atoms with Crippen molar-refractivity contribution in [2.75, 3.05) is 5.75 Å². The highest BCUT2D eigenvalue weighted by molar-refractivity contribution is 7.99. The lowest BCUT2D eigenvalue weighted by atomic mass is 10.1. The Morgan fingerprint density at radius 3 is 3.00 bits per heavy atom. The molecular weight excluding hydrogens is 232 g/mol. The molecule has 0 saturated carbocycles. The number of hydrogen-bond donors (Lipinski definition) is 2. The maximum Gasteiger partial charge on any atom is 0.139 e. The topological polar surface area (TPSA) is 58.6 Å². The second kappa shape index (κ2) is 5.96. The van der Waals surface area contributed by atoms with Crippen LogP contribution in [0.2, 0.25) is 0 Å². The molecule has 0 unspecified atom stereocenters. The van der Waals surface area contributed by atoms with Gasteiger partial charge in [0.2, 0.25) is 0 Å². The van der Waals surface area contributed by atoms with E-state index in [0.29, 0.717) is 12.3 Å². The van der Waals surface area contributed by atoms with Crippen molar-refractivity contribution in [3.05, 3.63) is 29.3 Å². The number of fused-ring (bicyclic) bond motifs is 1. The van der Waals surface area contributed by atoms with E-state index >= 15 is 0 Å². The van der Waals surface area contributed by atoms with Gasteiger partial charge in [0, 0.05) is 11.3 Å². The normalized spacial score (nSPS) is 14.9. The molecule has 1 aromatic rings. The average Bonchev–Trinajstić information content (AvgIpc) is 2.81. The van der Waals surface area contributed by atoms with Crippen LogP contribution < -0.4 is 5.73 Å². The van der Waals surface area contributed by atoms with Crippen LogP contribution in [0.5, 0.6) is 0 Å². The van der Waals surface area contributed by atoms with Crippen LogP contribution in [0, 0.1) is 0 Å². The summed E-state index contributed by atoms with van der Waals surface area (Å²) in [5.74, 6) is 1.33. The van der Waals surface area contributed by atoms with Gasteiger partial charge in [0.1, 0.15) is 5.84 Å². The van der Waals surface area contributed by atoms with Gasteiger partial charge < -0.3 is 10.9 Å². The third kappa shape index (κ3) is 3.40. The Labute approximate surface area is 106 Å². The van der Waals surface area contributed by atoms with Crippen molar-refractivity contribution in [2.24, 2.45) is 10.9 Å². The number of aryl methyl sites for hydroxylation is 2. The number of amidine groups is 1. The van der Waals surface area contributed by atoms with Gasteiger partial charge in [0.15, 0.2) is 0 Å². The van der Waals surface area contributed by atoms with Gasteiger partial charge in [-0.3, -0.25) is 0 Å². The lowest BCUT2D eigenvalue weighted by Gasteiger charge is -2.04. The summed E-state index contributed by atoms with van der Waals surface area (Å²) < 4.78 is 0. The summed E-state index contributed by atoms with van der Waals surface area (Å²) in [6.07, 6.45) is 5.37. The van der Waals surface area contributed by atoms with Gasteiger partial charge in [-0.1, -0.05) is 11.2 Å². The maximum absolute atomic E-state index is 8.41. The van der Waals surface area contributed by atoms with E-state index in [0.717, 1.165) is 12.2 Å². The number of nitrogens with zero attached hydrogens (tertiary/aromatic N) is 1. The second-order valence-corrected chi connectivity index (χ2v) is 5.50. The summed E-state index contributed by atoms with van der Waals surface area (Å²) in [6.45, 7) is 0. The van der Waals surface area contributed by atoms with Gasteiger partial charge >= 0.3 is 0 Å². The molecule has 17 heavy (non-hydrogen) atoms. The molecule has 0 aliphatic heterocycles. The zero-order valence-corrected chi connectivity index (χ0v) is 10.7. The average molecular weight is 250 g/mol. The molecule has 2 rings (SSSR count). The minimum atomic E-state index is 0.319. The molecule has 0 spiro atoms. The van der Waals surface area contributed by atoms with Gasteiger partial charge in [-0.15, -0.1) is 11.8 Å². The van der Waals surface area contributed by atoms with E-state index in [1.807, 2.05) is 11.8 Å². The molecule has 92 valence electrons. The smallest absolute Gasteiger partial charge is 0.139 e. The molecule has 1 aliphatic rings. The fourth-order valence-corrected chi connectivity index (χ4v) is 3.05. The fraction of sp³-hybridized carbons (Fsp3) is 0.462. The number of oxime groups is 1. The maximum atomic E-state index is 8.41.